The van der Waals surface area contributed by atoms with E-state index in [4.69, 9.17) is 9.15 Å². The molecule has 0 N–H and O–H groups in total. The molecular formula is C15H22N2O3. The normalized spacial score (nSPS) is 27.4. The van der Waals surface area contributed by atoms with E-state index in [0.29, 0.717) is 23.8 Å². The van der Waals surface area contributed by atoms with E-state index in [1.54, 1.807) is 0 Å². The Hall–Kier alpha value is -1.33. The maximum atomic E-state index is 12.8. The van der Waals surface area contributed by atoms with Crippen LogP contribution >= 0.6 is 0 Å². The lowest BCUT2D eigenvalue weighted by atomic mass is 10.1. The minimum absolute atomic E-state index is 0.0788. The van der Waals surface area contributed by atoms with Crippen molar-refractivity contribution in [3.8, 4) is 0 Å². The van der Waals surface area contributed by atoms with Gasteiger partial charge in [-0.05, 0) is 27.0 Å². The Morgan fingerprint density at radius 1 is 1.25 bits per heavy atom. The number of fused-ring (bicyclic) bond motifs is 3. The minimum atomic E-state index is 0.0788. The summed E-state index contributed by atoms with van der Waals surface area (Å²) < 4.78 is 11.2. The number of furan rings is 1. The molecule has 0 aromatic carbocycles. The number of amides is 1. The number of carbonyl (C=O) groups excluding carboxylic acids is 1. The van der Waals surface area contributed by atoms with Gasteiger partial charge in [-0.15, -0.1) is 0 Å². The lowest BCUT2D eigenvalue weighted by molar-refractivity contribution is 0.0482. The fourth-order valence-electron chi connectivity index (χ4n) is 3.32. The van der Waals surface area contributed by atoms with Gasteiger partial charge in [-0.25, -0.2) is 0 Å². The molecule has 1 aromatic heterocycles. The zero-order valence-electron chi connectivity index (χ0n) is 12.4. The van der Waals surface area contributed by atoms with E-state index in [2.05, 4.69) is 11.9 Å². The average Bonchev–Trinajstić information content (AvgIpc) is 2.54. The van der Waals surface area contributed by atoms with Crippen LogP contribution in [0.3, 0.4) is 0 Å². The highest BCUT2D eigenvalue weighted by Gasteiger charge is 2.35. The minimum Gasteiger partial charge on any atom is -0.466 e. The maximum Gasteiger partial charge on any atom is 0.257 e. The van der Waals surface area contributed by atoms with Crippen LogP contribution in [0.4, 0.5) is 0 Å². The van der Waals surface area contributed by atoms with Crippen LogP contribution in [0.15, 0.2) is 10.5 Å². The molecule has 2 bridgehead atoms. The van der Waals surface area contributed by atoms with E-state index in [9.17, 15) is 4.79 Å². The molecule has 5 heteroatoms. The molecule has 1 aromatic rings. The lowest BCUT2D eigenvalue weighted by Gasteiger charge is -2.29. The van der Waals surface area contributed by atoms with Crippen LogP contribution in [0.2, 0.25) is 0 Å². The van der Waals surface area contributed by atoms with Crippen molar-refractivity contribution in [3.63, 3.8) is 0 Å². The molecule has 110 valence electrons. The van der Waals surface area contributed by atoms with Crippen molar-refractivity contribution < 1.29 is 13.9 Å². The van der Waals surface area contributed by atoms with Crippen LogP contribution in [0, 0.1) is 19.8 Å². The van der Waals surface area contributed by atoms with Gasteiger partial charge in [0.25, 0.3) is 5.91 Å². The molecule has 3 rings (SSSR count). The second kappa shape index (κ2) is 5.22. The highest BCUT2D eigenvalue weighted by Crippen LogP contribution is 2.23. The Balaban J connectivity index is 1.88. The summed E-state index contributed by atoms with van der Waals surface area (Å²) in [5, 5.41) is 0. The van der Waals surface area contributed by atoms with Crippen molar-refractivity contribution in [2.45, 2.75) is 19.9 Å². The molecule has 5 nitrogen and oxygen atoms in total. The number of aryl methyl sites for hydroxylation is 2. The molecule has 20 heavy (non-hydrogen) atoms. The number of ether oxygens (including phenoxy) is 1. The number of hydrogen-bond acceptors (Lipinski definition) is 4. The van der Waals surface area contributed by atoms with Crippen molar-refractivity contribution in [3.05, 3.63) is 23.2 Å². The lowest BCUT2D eigenvalue weighted by Crippen LogP contribution is -2.46. The third-order valence-electron chi connectivity index (χ3n) is 4.18. The Morgan fingerprint density at radius 2 is 2.05 bits per heavy atom. The third kappa shape index (κ3) is 2.47. The van der Waals surface area contributed by atoms with E-state index < -0.39 is 0 Å². The van der Waals surface area contributed by atoms with Crippen LogP contribution in [0.5, 0.6) is 0 Å². The van der Waals surface area contributed by atoms with Gasteiger partial charge in [0.05, 0.1) is 24.8 Å². The maximum absolute atomic E-state index is 12.8. The van der Waals surface area contributed by atoms with Crippen molar-refractivity contribution in [2.24, 2.45) is 5.92 Å². The molecule has 0 radical (unpaired) electrons. The van der Waals surface area contributed by atoms with Gasteiger partial charge in [0, 0.05) is 25.6 Å². The van der Waals surface area contributed by atoms with Gasteiger partial charge in [-0.2, -0.15) is 0 Å². The molecule has 2 aliphatic heterocycles. The number of carbonyl (C=O) groups is 1. The monoisotopic (exact) mass is 278 g/mol. The third-order valence-corrected chi connectivity index (χ3v) is 4.18. The van der Waals surface area contributed by atoms with Gasteiger partial charge in [-0.1, -0.05) is 0 Å². The predicted molar refractivity (Wildman–Crippen MR) is 74.8 cm³/mol. The van der Waals surface area contributed by atoms with Gasteiger partial charge in [0.2, 0.25) is 0 Å². The highest BCUT2D eigenvalue weighted by molar-refractivity contribution is 5.95. The largest absolute Gasteiger partial charge is 0.466 e. The number of nitrogens with zero attached hydrogens (tertiary/aromatic N) is 2. The highest BCUT2D eigenvalue weighted by atomic mass is 16.5. The van der Waals surface area contributed by atoms with Crippen LogP contribution in [0.25, 0.3) is 0 Å². The zero-order valence-corrected chi connectivity index (χ0v) is 12.4. The molecule has 2 saturated heterocycles. The predicted octanol–water partition coefficient (Wildman–Crippen LogP) is 1.30. The molecule has 0 unspecified atom stereocenters. The second-order valence-corrected chi connectivity index (χ2v) is 6.06. The molecule has 0 spiro atoms. The topological polar surface area (TPSA) is 45.9 Å². The van der Waals surface area contributed by atoms with Crippen molar-refractivity contribution in [1.82, 2.24) is 9.80 Å². The molecule has 1 amide bonds. The van der Waals surface area contributed by atoms with Crippen molar-refractivity contribution in [2.75, 3.05) is 39.9 Å². The molecule has 0 aliphatic carbocycles. The van der Waals surface area contributed by atoms with Crippen LogP contribution in [-0.2, 0) is 4.74 Å². The molecule has 2 atom stereocenters. The summed E-state index contributed by atoms with van der Waals surface area (Å²) in [6.45, 7) is 7.74. The first kappa shape index (κ1) is 13.6. The van der Waals surface area contributed by atoms with Gasteiger partial charge in [0.1, 0.15) is 11.5 Å². The Labute approximate surface area is 119 Å². The van der Waals surface area contributed by atoms with Crippen LogP contribution in [0.1, 0.15) is 21.9 Å². The van der Waals surface area contributed by atoms with E-state index in [-0.39, 0.29) is 11.9 Å². The van der Waals surface area contributed by atoms with E-state index in [1.165, 1.54) is 0 Å². The number of likely N-dealkylation sites (N-methyl/N-ethyl adjacent to an activating group) is 1. The fourth-order valence-corrected chi connectivity index (χ4v) is 3.32. The quantitative estimate of drug-likeness (QED) is 0.777. The van der Waals surface area contributed by atoms with Gasteiger partial charge in [0.15, 0.2) is 0 Å². The summed E-state index contributed by atoms with van der Waals surface area (Å²) in [6, 6.07) is 1.98. The smallest absolute Gasteiger partial charge is 0.257 e. The zero-order chi connectivity index (χ0) is 14.3. The summed E-state index contributed by atoms with van der Waals surface area (Å²) in [4.78, 5) is 17.1. The van der Waals surface area contributed by atoms with E-state index in [0.717, 1.165) is 32.0 Å². The second-order valence-electron chi connectivity index (χ2n) is 6.06. The van der Waals surface area contributed by atoms with Gasteiger partial charge in [-0.3, -0.25) is 4.79 Å². The van der Waals surface area contributed by atoms with Crippen LogP contribution in [-0.4, -0.2) is 61.6 Å². The Bertz CT molecular complexity index is 511. The summed E-state index contributed by atoms with van der Waals surface area (Å²) in [7, 11) is 2.12. The first-order valence-corrected chi connectivity index (χ1v) is 7.19. The average molecular weight is 278 g/mol. The summed E-state index contributed by atoms with van der Waals surface area (Å²) in [5.41, 5.74) is 0.692. The van der Waals surface area contributed by atoms with Crippen LogP contribution < -0.4 is 0 Å². The molecule has 0 saturated carbocycles. The summed E-state index contributed by atoms with van der Waals surface area (Å²) >= 11 is 0. The van der Waals surface area contributed by atoms with Gasteiger partial charge >= 0.3 is 0 Å². The Morgan fingerprint density at radius 3 is 2.75 bits per heavy atom. The van der Waals surface area contributed by atoms with E-state index >= 15 is 0 Å². The summed E-state index contributed by atoms with van der Waals surface area (Å²) in [6.07, 6.45) is 0. The number of rotatable bonds is 1. The SMILES string of the molecule is Cc1cc(C(=O)N2C[C@H]3COC[C@@H]2CN(C)C3)c(C)o1. The van der Waals surface area contributed by atoms with Gasteiger partial charge < -0.3 is 19.0 Å². The molecule has 2 fully saturated rings. The first-order chi connectivity index (χ1) is 9.54. The van der Waals surface area contributed by atoms with Crippen molar-refractivity contribution in [1.29, 1.82) is 0 Å². The standard InChI is InChI=1S/C15H22N2O3/c1-10-4-14(11(2)20-10)15(18)17-6-12-5-16(3)7-13(17)9-19-8-12/h4,12-13H,5-9H2,1-3H3/t12-,13-/m0/s1. The molecule has 3 heterocycles. The summed E-state index contributed by atoms with van der Waals surface area (Å²) in [5.74, 6) is 1.97. The number of hydrogen-bond donors (Lipinski definition) is 0. The Kier molecular flexibility index (Phi) is 3.56. The van der Waals surface area contributed by atoms with E-state index in [1.807, 2.05) is 24.8 Å². The molecule has 2 aliphatic rings. The fraction of sp³-hybridized carbons (Fsp3) is 0.667. The molecular weight excluding hydrogens is 256 g/mol. The van der Waals surface area contributed by atoms with Crippen molar-refractivity contribution >= 4 is 5.91 Å². The first-order valence-electron chi connectivity index (χ1n) is 7.19.